The smallest absolute Gasteiger partial charge is 0.220 e. The highest BCUT2D eigenvalue weighted by atomic mass is 16.7. The number of carbonyl (C=O) groups excluding carboxylic acids is 1. The second kappa shape index (κ2) is 28.7. The van der Waals surface area contributed by atoms with Crippen LogP contribution in [0.1, 0.15) is 149 Å². The van der Waals surface area contributed by atoms with Gasteiger partial charge < -0.3 is 40.3 Å². The van der Waals surface area contributed by atoms with Crippen molar-refractivity contribution in [3.05, 3.63) is 24.3 Å². The molecule has 7 atom stereocenters. The molecule has 9 heteroatoms. The third-order valence-electron chi connectivity index (χ3n) is 8.78. The highest BCUT2D eigenvalue weighted by Crippen LogP contribution is 2.22. The van der Waals surface area contributed by atoms with Crippen LogP contribution < -0.4 is 5.32 Å². The van der Waals surface area contributed by atoms with Gasteiger partial charge in [0.25, 0.3) is 0 Å². The monoisotopic (exact) mass is 656 g/mol. The van der Waals surface area contributed by atoms with Crippen LogP contribution >= 0.6 is 0 Å². The molecule has 1 aliphatic rings. The molecule has 0 aromatic carbocycles. The van der Waals surface area contributed by atoms with Gasteiger partial charge in [0.15, 0.2) is 6.29 Å². The zero-order valence-electron chi connectivity index (χ0n) is 29.1. The maximum Gasteiger partial charge on any atom is 0.220 e. The Balaban J connectivity index is 2.47. The van der Waals surface area contributed by atoms with Gasteiger partial charge in [0.2, 0.25) is 5.91 Å². The van der Waals surface area contributed by atoms with E-state index in [0.717, 1.165) is 38.5 Å². The van der Waals surface area contributed by atoms with Gasteiger partial charge >= 0.3 is 0 Å². The summed E-state index contributed by atoms with van der Waals surface area (Å²) in [5.41, 5.74) is 0. The van der Waals surface area contributed by atoms with Crippen molar-refractivity contribution in [3.8, 4) is 0 Å². The lowest BCUT2D eigenvalue weighted by atomic mass is 9.99. The van der Waals surface area contributed by atoms with E-state index >= 15 is 0 Å². The molecule has 0 aromatic heterocycles. The van der Waals surface area contributed by atoms with Gasteiger partial charge in [-0.05, 0) is 32.1 Å². The van der Waals surface area contributed by atoms with E-state index in [1.807, 2.05) is 6.08 Å². The van der Waals surface area contributed by atoms with Crippen molar-refractivity contribution in [2.75, 3.05) is 13.2 Å². The van der Waals surface area contributed by atoms with Gasteiger partial charge in [0, 0.05) is 6.42 Å². The summed E-state index contributed by atoms with van der Waals surface area (Å²) in [6, 6.07) is -0.812. The summed E-state index contributed by atoms with van der Waals surface area (Å²) in [5.74, 6) is -0.196. The Bertz CT molecular complexity index is 776. The molecule has 0 radical (unpaired) electrons. The van der Waals surface area contributed by atoms with Crippen molar-refractivity contribution in [1.29, 1.82) is 0 Å². The first kappa shape index (κ1) is 42.7. The Morgan fingerprint density at radius 1 is 0.717 bits per heavy atom. The van der Waals surface area contributed by atoms with E-state index in [1.54, 1.807) is 6.08 Å². The van der Waals surface area contributed by atoms with Crippen molar-refractivity contribution in [2.24, 2.45) is 0 Å². The number of allylic oxidation sites excluding steroid dienone is 3. The summed E-state index contributed by atoms with van der Waals surface area (Å²) >= 11 is 0. The van der Waals surface area contributed by atoms with Crippen LogP contribution in [0.15, 0.2) is 24.3 Å². The van der Waals surface area contributed by atoms with Crippen molar-refractivity contribution in [3.63, 3.8) is 0 Å². The molecule has 0 aliphatic carbocycles. The molecule has 0 saturated carbocycles. The molecule has 0 aromatic rings. The van der Waals surface area contributed by atoms with Gasteiger partial charge in [0.05, 0.1) is 25.4 Å². The fourth-order valence-corrected chi connectivity index (χ4v) is 5.70. The molecule has 1 aliphatic heterocycles. The minimum atomic E-state index is -1.57. The number of unbranched alkanes of at least 4 members (excludes halogenated alkanes) is 17. The molecule has 46 heavy (non-hydrogen) atoms. The molecule has 1 heterocycles. The molecule has 1 fully saturated rings. The quantitative estimate of drug-likeness (QED) is 0.0425. The summed E-state index contributed by atoms with van der Waals surface area (Å²) in [5, 5.41) is 53.7. The number of amides is 1. The highest BCUT2D eigenvalue weighted by molar-refractivity contribution is 5.76. The molecule has 1 rings (SSSR count). The normalized spacial score (nSPS) is 23.3. The Morgan fingerprint density at radius 2 is 1.24 bits per heavy atom. The van der Waals surface area contributed by atoms with E-state index < -0.39 is 49.5 Å². The molecular formula is C37H69NO8. The second-order valence-corrected chi connectivity index (χ2v) is 13.0. The van der Waals surface area contributed by atoms with E-state index in [-0.39, 0.29) is 12.5 Å². The summed E-state index contributed by atoms with van der Waals surface area (Å²) < 4.78 is 11.1. The summed E-state index contributed by atoms with van der Waals surface area (Å²) in [7, 11) is 0. The third kappa shape index (κ3) is 20.1. The summed E-state index contributed by atoms with van der Waals surface area (Å²) in [6.45, 7) is 3.67. The van der Waals surface area contributed by atoms with E-state index in [1.165, 1.54) is 89.9 Å². The Hall–Kier alpha value is -1.33. The van der Waals surface area contributed by atoms with Crippen LogP contribution in [0.25, 0.3) is 0 Å². The van der Waals surface area contributed by atoms with Crippen molar-refractivity contribution >= 4 is 5.91 Å². The van der Waals surface area contributed by atoms with Gasteiger partial charge in [-0.2, -0.15) is 0 Å². The summed E-state index contributed by atoms with van der Waals surface area (Å²) in [6.07, 6.45) is 23.8. The lowest BCUT2D eigenvalue weighted by Gasteiger charge is -2.40. The number of rotatable bonds is 29. The van der Waals surface area contributed by atoms with E-state index in [9.17, 15) is 30.3 Å². The van der Waals surface area contributed by atoms with Crippen LogP contribution in [0.2, 0.25) is 0 Å². The number of carbonyl (C=O) groups is 1. The average molecular weight is 656 g/mol. The first-order chi connectivity index (χ1) is 22.3. The Morgan fingerprint density at radius 3 is 1.83 bits per heavy atom. The molecule has 0 spiro atoms. The van der Waals surface area contributed by atoms with E-state index in [4.69, 9.17) is 9.47 Å². The SMILES string of the molecule is CCCCCCCCCCCC/C=C/CC/C=C/[C@@H](O)[C@H](CO[C@@H]1O[C@H](CO)[C@@H](O)C(O)C1O)NC(=O)CCCCCCCCC. The zero-order valence-corrected chi connectivity index (χ0v) is 29.1. The van der Waals surface area contributed by atoms with Gasteiger partial charge in [-0.1, -0.05) is 134 Å². The Labute approximate surface area is 279 Å². The van der Waals surface area contributed by atoms with Gasteiger partial charge in [-0.15, -0.1) is 0 Å². The van der Waals surface area contributed by atoms with Crippen molar-refractivity contribution in [1.82, 2.24) is 5.32 Å². The van der Waals surface area contributed by atoms with Gasteiger partial charge in [0.1, 0.15) is 24.4 Å². The maximum atomic E-state index is 12.7. The van der Waals surface area contributed by atoms with Crippen LogP contribution in [0.3, 0.4) is 0 Å². The van der Waals surface area contributed by atoms with Crippen LogP contribution in [-0.2, 0) is 14.3 Å². The van der Waals surface area contributed by atoms with Crippen molar-refractivity contribution < 1.29 is 39.8 Å². The van der Waals surface area contributed by atoms with Gasteiger partial charge in [-0.25, -0.2) is 0 Å². The predicted molar refractivity (Wildman–Crippen MR) is 184 cm³/mol. The number of aliphatic hydroxyl groups is 5. The molecule has 1 amide bonds. The first-order valence-corrected chi connectivity index (χ1v) is 18.6. The minimum Gasteiger partial charge on any atom is -0.394 e. The molecule has 0 bridgehead atoms. The van der Waals surface area contributed by atoms with Crippen LogP contribution in [0, 0.1) is 0 Å². The average Bonchev–Trinajstić information content (AvgIpc) is 3.05. The number of hydrogen-bond donors (Lipinski definition) is 6. The molecule has 9 nitrogen and oxygen atoms in total. The summed E-state index contributed by atoms with van der Waals surface area (Å²) in [4.78, 5) is 12.7. The molecule has 1 saturated heterocycles. The first-order valence-electron chi connectivity index (χ1n) is 18.6. The van der Waals surface area contributed by atoms with Crippen LogP contribution in [0.4, 0.5) is 0 Å². The lowest BCUT2D eigenvalue weighted by molar-refractivity contribution is -0.302. The standard InChI is InChI=1S/C37H69NO8/c1-3-5-7-9-11-12-13-14-15-16-17-18-19-21-22-24-26-31(40)30(38-33(41)27-25-23-20-10-8-6-4-2)29-45-37-36(44)35(43)34(42)32(28-39)46-37/h18-19,24,26,30-32,34-37,39-40,42-44H,3-17,20-23,25,27-29H2,1-2H3,(H,38,41)/b19-18+,26-24+/t30-,31+,32+,34+,35?,36?,37+/m0/s1. The third-order valence-corrected chi connectivity index (χ3v) is 8.78. The highest BCUT2D eigenvalue weighted by Gasteiger charge is 2.44. The van der Waals surface area contributed by atoms with Crippen LogP contribution in [-0.4, -0.2) is 87.5 Å². The second-order valence-electron chi connectivity index (χ2n) is 13.0. The number of aliphatic hydroxyl groups excluding tert-OH is 5. The number of hydrogen-bond acceptors (Lipinski definition) is 8. The molecular weight excluding hydrogens is 586 g/mol. The molecule has 270 valence electrons. The number of nitrogens with one attached hydrogen (secondary N) is 1. The maximum absolute atomic E-state index is 12.7. The van der Waals surface area contributed by atoms with Crippen LogP contribution in [0.5, 0.6) is 0 Å². The fourth-order valence-electron chi connectivity index (χ4n) is 5.70. The zero-order chi connectivity index (χ0) is 33.8. The van der Waals surface area contributed by atoms with Gasteiger partial charge in [-0.3, -0.25) is 4.79 Å². The molecule has 2 unspecified atom stereocenters. The predicted octanol–water partition coefficient (Wildman–Crippen LogP) is 5.99. The minimum absolute atomic E-state index is 0.196. The lowest BCUT2D eigenvalue weighted by Crippen LogP contribution is -2.60. The topological polar surface area (TPSA) is 149 Å². The fraction of sp³-hybridized carbons (Fsp3) is 0.865. The Kier molecular flexibility index (Phi) is 26.6. The van der Waals surface area contributed by atoms with E-state index in [2.05, 4.69) is 31.3 Å². The van der Waals surface area contributed by atoms with Crippen molar-refractivity contribution in [2.45, 2.75) is 192 Å². The van der Waals surface area contributed by atoms with E-state index in [0.29, 0.717) is 6.42 Å². The molecule has 6 N–H and O–H groups in total. The largest absolute Gasteiger partial charge is 0.394 e. The number of ether oxygens (including phenoxy) is 2.